The second kappa shape index (κ2) is 7.68. The second-order valence-electron chi connectivity index (χ2n) is 5.54. The number of phenols is 1. The quantitative estimate of drug-likeness (QED) is 0.863. The van der Waals surface area contributed by atoms with Gasteiger partial charge in [0, 0.05) is 11.4 Å². The third-order valence-electron chi connectivity index (χ3n) is 3.84. The fourth-order valence-corrected chi connectivity index (χ4v) is 3.42. The number of morpholine rings is 1. The standard InChI is InChI=1S/C18H18FNO3S/c19-14-6-4-13(5-7-14)17-11-20(8-9-23-17)18(22)12-24-16-3-1-2-15(21)10-16/h1-7,10,17,21H,8-9,11-12H2/t17-/m0/s1. The number of carbonyl (C=O) groups excluding carboxylic acids is 1. The molecule has 0 spiro atoms. The molecule has 1 aliphatic rings. The Labute approximate surface area is 144 Å². The molecule has 0 unspecified atom stereocenters. The first kappa shape index (κ1) is 16.8. The molecular weight excluding hydrogens is 329 g/mol. The molecule has 126 valence electrons. The van der Waals surface area contributed by atoms with Crippen LogP contribution >= 0.6 is 11.8 Å². The molecule has 0 saturated carbocycles. The van der Waals surface area contributed by atoms with E-state index >= 15 is 0 Å². The summed E-state index contributed by atoms with van der Waals surface area (Å²) in [4.78, 5) is 15.0. The van der Waals surface area contributed by atoms with Crippen LogP contribution in [-0.4, -0.2) is 41.4 Å². The highest BCUT2D eigenvalue weighted by Gasteiger charge is 2.25. The summed E-state index contributed by atoms with van der Waals surface area (Å²) in [6, 6.07) is 13.0. The number of halogens is 1. The van der Waals surface area contributed by atoms with E-state index in [2.05, 4.69) is 0 Å². The van der Waals surface area contributed by atoms with E-state index in [1.54, 1.807) is 35.2 Å². The van der Waals surface area contributed by atoms with Crippen molar-refractivity contribution >= 4 is 17.7 Å². The summed E-state index contributed by atoms with van der Waals surface area (Å²) in [7, 11) is 0. The zero-order valence-corrected chi connectivity index (χ0v) is 13.8. The van der Waals surface area contributed by atoms with Gasteiger partial charge in [0.25, 0.3) is 0 Å². The molecule has 0 aromatic heterocycles. The van der Waals surface area contributed by atoms with Crippen LogP contribution in [0.25, 0.3) is 0 Å². The predicted molar refractivity (Wildman–Crippen MR) is 90.5 cm³/mol. The molecule has 1 amide bonds. The van der Waals surface area contributed by atoms with Crippen LogP contribution in [0.1, 0.15) is 11.7 Å². The van der Waals surface area contributed by atoms with Gasteiger partial charge in [-0.15, -0.1) is 11.8 Å². The fourth-order valence-electron chi connectivity index (χ4n) is 2.56. The van der Waals surface area contributed by atoms with Crippen molar-refractivity contribution < 1.29 is 19.0 Å². The Hall–Kier alpha value is -2.05. The smallest absolute Gasteiger partial charge is 0.233 e. The summed E-state index contributed by atoms with van der Waals surface area (Å²) in [5.74, 6) is 0.235. The second-order valence-corrected chi connectivity index (χ2v) is 6.59. The summed E-state index contributed by atoms with van der Waals surface area (Å²) < 4.78 is 18.7. The van der Waals surface area contributed by atoms with Gasteiger partial charge >= 0.3 is 0 Å². The largest absolute Gasteiger partial charge is 0.508 e. The van der Waals surface area contributed by atoms with Gasteiger partial charge in [-0.1, -0.05) is 18.2 Å². The summed E-state index contributed by atoms with van der Waals surface area (Å²) in [6.07, 6.45) is -0.228. The minimum atomic E-state index is -0.287. The number of thioether (sulfide) groups is 1. The highest BCUT2D eigenvalue weighted by molar-refractivity contribution is 8.00. The highest BCUT2D eigenvalue weighted by atomic mass is 32.2. The van der Waals surface area contributed by atoms with E-state index in [4.69, 9.17) is 4.74 Å². The van der Waals surface area contributed by atoms with E-state index in [1.165, 1.54) is 23.9 Å². The molecule has 1 saturated heterocycles. The molecule has 6 heteroatoms. The number of phenolic OH excluding ortho intramolecular Hbond substituents is 1. The Balaban J connectivity index is 1.57. The minimum Gasteiger partial charge on any atom is -0.508 e. The van der Waals surface area contributed by atoms with Gasteiger partial charge in [-0.2, -0.15) is 0 Å². The first-order valence-corrected chi connectivity index (χ1v) is 8.67. The molecule has 24 heavy (non-hydrogen) atoms. The number of aromatic hydroxyl groups is 1. The van der Waals surface area contributed by atoms with E-state index in [-0.39, 0.29) is 23.6 Å². The topological polar surface area (TPSA) is 49.8 Å². The zero-order valence-electron chi connectivity index (χ0n) is 13.0. The van der Waals surface area contributed by atoms with Crippen LogP contribution in [0, 0.1) is 5.82 Å². The third-order valence-corrected chi connectivity index (χ3v) is 4.82. The molecule has 1 fully saturated rings. The number of ether oxygens (including phenoxy) is 1. The van der Waals surface area contributed by atoms with E-state index in [1.807, 2.05) is 6.07 Å². The number of hydrogen-bond donors (Lipinski definition) is 1. The number of nitrogens with zero attached hydrogens (tertiary/aromatic N) is 1. The van der Waals surface area contributed by atoms with Crippen LogP contribution in [-0.2, 0) is 9.53 Å². The first-order valence-electron chi connectivity index (χ1n) is 7.68. The molecule has 0 aliphatic carbocycles. The van der Waals surface area contributed by atoms with Crippen molar-refractivity contribution in [3.63, 3.8) is 0 Å². The van der Waals surface area contributed by atoms with Crippen LogP contribution < -0.4 is 0 Å². The van der Waals surface area contributed by atoms with Crippen molar-refractivity contribution in [1.29, 1.82) is 0 Å². The lowest BCUT2D eigenvalue weighted by Gasteiger charge is -2.33. The van der Waals surface area contributed by atoms with Crippen LogP contribution in [0.5, 0.6) is 5.75 Å². The zero-order chi connectivity index (χ0) is 16.9. The lowest BCUT2D eigenvalue weighted by molar-refractivity contribution is -0.136. The Bertz CT molecular complexity index is 708. The lowest BCUT2D eigenvalue weighted by Crippen LogP contribution is -2.43. The maximum Gasteiger partial charge on any atom is 0.233 e. The van der Waals surface area contributed by atoms with Gasteiger partial charge in [0.15, 0.2) is 0 Å². The number of benzene rings is 2. The monoisotopic (exact) mass is 347 g/mol. The van der Waals surface area contributed by atoms with Gasteiger partial charge in [-0.25, -0.2) is 4.39 Å². The molecule has 2 aromatic rings. The van der Waals surface area contributed by atoms with Gasteiger partial charge in [0.05, 0.1) is 18.9 Å². The minimum absolute atomic E-state index is 0.0266. The fraction of sp³-hybridized carbons (Fsp3) is 0.278. The number of rotatable bonds is 4. The Kier molecular flexibility index (Phi) is 5.37. The average Bonchev–Trinajstić information content (AvgIpc) is 2.60. The SMILES string of the molecule is O=C(CSc1cccc(O)c1)N1CCO[C@H](c2ccc(F)cc2)C1. The van der Waals surface area contributed by atoms with Crippen LogP contribution in [0.4, 0.5) is 4.39 Å². The van der Waals surface area contributed by atoms with Crippen molar-refractivity contribution in [3.05, 3.63) is 59.9 Å². The molecule has 3 rings (SSSR count). The summed E-state index contributed by atoms with van der Waals surface area (Å²) in [5.41, 5.74) is 0.870. The molecule has 1 heterocycles. The van der Waals surface area contributed by atoms with Crippen LogP contribution in [0.3, 0.4) is 0 Å². The molecule has 2 aromatic carbocycles. The normalized spacial score (nSPS) is 17.7. The summed E-state index contributed by atoms with van der Waals surface area (Å²) in [6.45, 7) is 1.48. The van der Waals surface area contributed by atoms with Gasteiger partial charge in [0.2, 0.25) is 5.91 Å². The molecule has 0 radical (unpaired) electrons. The van der Waals surface area contributed by atoms with Crippen LogP contribution in [0.2, 0.25) is 0 Å². The molecule has 4 nitrogen and oxygen atoms in total. The predicted octanol–water partition coefficient (Wildman–Crippen LogP) is 3.22. The Morgan fingerprint density at radius 2 is 2.08 bits per heavy atom. The Morgan fingerprint density at radius 1 is 1.29 bits per heavy atom. The van der Waals surface area contributed by atoms with E-state index in [0.29, 0.717) is 25.4 Å². The van der Waals surface area contributed by atoms with E-state index in [9.17, 15) is 14.3 Å². The Morgan fingerprint density at radius 3 is 2.83 bits per heavy atom. The summed E-state index contributed by atoms with van der Waals surface area (Å²) in [5, 5.41) is 9.46. The average molecular weight is 347 g/mol. The molecular formula is C18H18FNO3S. The third kappa shape index (κ3) is 4.27. The lowest BCUT2D eigenvalue weighted by atomic mass is 10.1. The van der Waals surface area contributed by atoms with Gasteiger partial charge < -0.3 is 14.7 Å². The number of hydrogen-bond acceptors (Lipinski definition) is 4. The van der Waals surface area contributed by atoms with Crippen molar-refractivity contribution in [1.82, 2.24) is 4.90 Å². The van der Waals surface area contributed by atoms with Crippen molar-refractivity contribution in [2.45, 2.75) is 11.0 Å². The van der Waals surface area contributed by atoms with Gasteiger partial charge in [-0.3, -0.25) is 4.79 Å². The van der Waals surface area contributed by atoms with E-state index in [0.717, 1.165) is 10.5 Å². The van der Waals surface area contributed by atoms with Crippen molar-refractivity contribution in [3.8, 4) is 5.75 Å². The van der Waals surface area contributed by atoms with Crippen molar-refractivity contribution in [2.75, 3.05) is 25.4 Å². The van der Waals surface area contributed by atoms with Crippen LogP contribution in [0.15, 0.2) is 53.4 Å². The number of carbonyl (C=O) groups is 1. The van der Waals surface area contributed by atoms with Gasteiger partial charge in [0.1, 0.15) is 17.7 Å². The highest BCUT2D eigenvalue weighted by Crippen LogP contribution is 2.25. The number of amides is 1. The molecule has 1 N–H and O–H groups in total. The van der Waals surface area contributed by atoms with Crippen molar-refractivity contribution in [2.24, 2.45) is 0 Å². The molecule has 0 bridgehead atoms. The first-order chi connectivity index (χ1) is 11.6. The maximum absolute atomic E-state index is 13.0. The van der Waals surface area contributed by atoms with E-state index < -0.39 is 0 Å². The molecule has 1 atom stereocenters. The van der Waals surface area contributed by atoms with Gasteiger partial charge in [-0.05, 0) is 35.9 Å². The molecule has 1 aliphatic heterocycles. The summed E-state index contributed by atoms with van der Waals surface area (Å²) >= 11 is 1.39. The maximum atomic E-state index is 13.0.